The third kappa shape index (κ3) is 4.01. The number of ketones is 1. The van der Waals surface area contributed by atoms with Crippen LogP contribution >= 0.6 is 0 Å². The van der Waals surface area contributed by atoms with Crippen molar-refractivity contribution < 1.29 is 33.1 Å². The lowest BCUT2D eigenvalue weighted by Crippen LogP contribution is -3.14. The lowest BCUT2D eigenvalue weighted by atomic mass is 9.99. The number of nitrogens with zero attached hydrogens (tertiary/aromatic N) is 1. The molecule has 0 bridgehead atoms. The minimum absolute atomic E-state index is 0.153. The molecule has 30 heavy (non-hydrogen) atoms. The molecule has 2 fully saturated rings. The fraction of sp³-hybridized carbons (Fsp3) is 0.364. The highest BCUT2D eigenvalue weighted by atomic mass is 19.1. The number of hydrogen-bond acceptors (Lipinski definition) is 5. The molecule has 8 heteroatoms. The molecule has 2 aliphatic heterocycles. The van der Waals surface area contributed by atoms with Crippen LogP contribution in [0.1, 0.15) is 23.8 Å². The van der Waals surface area contributed by atoms with E-state index in [-0.39, 0.29) is 11.1 Å². The molecule has 4 rings (SSSR count). The number of amides is 1. The molecule has 0 radical (unpaired) electrons. The maximum absolute atomic E-state index is 13.2. The lowest BCUT2D eigenvalue weighted by Gasteiger charge is -2.27. The summed E-state index contributed by atoms with van der Waals surface area (Å²) in [5, 5.41) is 13.1. The smallest absolute Gasteiger partial charge is 0.295 e. The number of carbonyl (C=O) groups is 2. The van der Waals surface area contributed by atoms with E-state index < -0.39 is 29.3 Å². The fourth-order valence-electron chi connectivity index (χ4n) is 4.01. The van der Waals surface area contributed by atoms with Crippen molar-refractivity contribution in [2.24, 2.45) is 0 Å². The Morgan fingerprint density at radius 1 is 1.17 bits per heavy atom. The summed E-state index contributed by atoms with van der Waals surface area (Å²) in [6.07, 6.45) is 2.13. The van der Waals surface area contributed by atoms with Gasteiger partial charge in [0.1, 0.15) is 30.7 Å². The highest BCUT2D eigenvalue weighted by Gasteiger charge is 2.45. The summed E-state index contributed by atoms with van der Waals surface area (Å²) in [4.78, 5) is 28.4. The van der Waals surface area contributed by atoms with E-state index in [9.17, 15) is 19.1 Å². The van der Waals surface area contributed by atoms with Gasteiger partial charge in [0, 0.05) is 18.5 Å². The number of benzene rings is 1. The van der Waals surface area contributed by atoms with Crippen LogP contribution in [0.3, 0.4) is 0 Å². The van der Waals surface area contributed by atoms with Gasteiger partial charge in [-0.1, -0.05) is 17.9 Å². The number of halogens is 1. The van der Waals surface area contributed by atoms with Gasteiger partial charge in [0.15, 0.2) is 0 Å². The molecule has 2 aliphatic rings. The summed E-state index contributed by atoms with van der Waals surface area (Å²) >= 11 is 0. The molecule has 1 aromatic heterocycles. The molecule has 158 valence electrons. The average molecular weight is 414 g/mol. The largest absolute Gasteiger partial charge is 0.872 e. The van der Waals surface area contributed by atoms with Gasteiger partial charge in [-0.05, 0) is 29.8 Å². The van der Waals surface area contributed by atoms with E-state index in [0.29, 0.717) is 18.7 Å². The van der Waals surface area contributed by atoms with Crippen molar-refractivity contribution in [3.8, 4) is 0 Å². The summed E-state index contributed by atoms with van der Waals surface area (Å²) in [5.41, 5.74) is 0.00370. The molecule has 1 aromatic carbocycles. The molecule has 1 N–H and O–H groups in total. The molecule has 1 amide bonds. The maximum Gasteiger partial charge on any atom is 0.295 e. The Kier molecular flexibility index (Phi) is 5.96. The van der Waals surface area contributed by atoms with E-state index in [1.807, 2.05) is 0 Å². The zero-order valence-corrected chi connectivity index (χ0v) is 16.4. The minimum atomic E-state index is -0.878. The van der Waals surface area contributed by atoms with Crippen molar-refractivity contribution in [2.75, 3.05) is 39.4 Å². The van der Waals surface area contributed by atoms with Crippen molar-refractivity contribution in [1.29, 1.82) is 0 Å². The summed E-state index contributed by atoms with van der Waals surface area (Å²) in [6.45, 7) is 4.43. The molecule has 0 spiro atoms. The van der Waals surface area contributed by atoms with Gasteiger partial charge in [-0.2, -0.15) is 0 Å². The molecule has 7 nitrogen and oxygen atoms in total. The number of ether oxygens (including phenoxy) is 1. The Bertz CT molecular complexity index is 933. The second-order valence-corrected chi connectivity index (χ2v) is 7.46. The standard InChI is InChI=1S/C22H23FN2O5/c23-16-6-4-15(5-7-16)20(26)18-19(17-3-1-12-30-17)25(22(28)21(18)27)9-2-8-24-10-13-29-14-11-24/h1,3-7,12,19,26H,2,8-11,13-14H2. The Hall–Kier alpha value is -2.97. The third-order valence-corrected chi connectivity index (χ3v) is 5.58. The van der Waals surface area contributed by atoms with Crippen molar-refractivity contribution in [3.63, 3.8) is 0 Å². The molecule has 2 saturated heterocycles. The molecule has 1 atom stereocenters. The van der Waals surface area contributed by atoms with Crippen molar-refractivity contribution in [2.45, 2.75) is 12.5 Å². The Labute approximate surface area is 173 Å². The van der Waals surface area contributed by atoms with Gasteiger partial charge < -0.3 is 24.1 Å². The van der Waals surface area contributed by atoms with Crippen LogP contribution in [-0.4, -0.2) is 56.0 Å². The van der Waals surface area contributed by atoms with Crippen LogP contribution in [0, 0.1) is 5.82 Å². The summed E-state index contributed by atoms with van der Waals surface area (Å²) < 4.78 is 24.1. The van der Waals surface area contributed by atoms with Crippen molar-refractivity contribution >= 4 is 17.4 Å². The van der Waals surface area contributed by atoms with E-state index in [1.165, 1.54) is 28.2 Å². The fourth-order valence-corrected chi connectivity index (χ4v) is 4.01. The highest BCUT2D eigenvalue weighted by Crippen LogP contribution is 2.38. The number of nitrogens with one attached hydrogen (secondary N) is 1. The molecule has 3 heterocycles. The normalized spacial score (nSPS) is 22.0. The second-order valence-electron chi connectivity index (χ2n) is 7.46. The van der Waals surface area contributed by atoms with Crippen LogP contribution in [0.25, 0.3) is 5.76 Å². The number of carbonyl (C=O) groups excluding carboxylic acids is 2. The van der Waals surface area contributed by atoms with E-state index in [4.69, 9.17) is 9.15 Å². The summed E-state index contributed by atoms with van der Waals surface area (Å²) in [6, 6.07) is 7.35. The zero-order chi connectivity index (χ0) is 21.1. The maximum atomic E-state index is 13.2. The predicted molar refractivity (Wildman–Crippen MR) is 102 cm³/mol. The Morgan fingerprint density at radius 3 is 2.57 bits per heavy atom. The van der Waals surface area contributed by atoms with E-state index in [2.05, 4.69) is 0 Å². The van der Waals surface area contributed by atoms with Crippen LogP contribution in [0.2, 0.25) is 0 Å². The number of quaternary nitrogens is 1. The number of rotatable bonds is 6. The van der Waals surface area contributed by atoms with Crippen molar-refractivity contribution in [3.05, 3.63) is 65.4 Å². The van der Waals surface area contributed by atoms with Gasteiger partial charge in [-0.25, -0.2) is 4.39 Å². The molecule has 2 aromatic rings. The van der Waals surface area contributed by atoms with E-state index in [0.717, 1.165) is 45.0 Å². The first-order valence-corrected chi connectivity index (χ1v) is 10.0. The van der Waals surface area contributed by atoms with Crippen LogP contribution in [0.4, 0.5) is 4.39 Å². The highest BCUT2D eigenvalue weighted by molar-refractivity contribution is 6.46. The quantitative estimate of drug-likeness (QED) is 0.407. The van der Waals surface area contributed by atoms with E-state index >= 15 is 0 Å². The molecular weight excluding hydrogens is 391 g/mol. The summed E-state index contributed by atoms with van der Waals surface area (Å²) in [7, 11) is 0. The van der Waals surface area contributed by atoms with Gasteiger partial charge in [0.2, 0.25) is 5.78 Å². The number of morpholine rings is 1. The zero-order valence-electron chi connectivity index (χ0n) is 16.4. The lowest BCUT2D eigenvalue weighted by molar-refractivity contribution is -0.908. The topological polar surface area (TPSA) is 87.2 Å². The van der Waals surface area contributed by atoms with Gasteiger partial charge in [-0.3, -0.25) is 9.59 Å². The summed E-state index contributed by atoms with van der Waals surface area (Å²) in [5.74, 6) is -2.25. The van der Waals surface area contributed by atoms with E-state index in [1.54, 1.807) is 12.1 Å². The SMILES string of the molecule is O=C1C(=O)N(CCC[NH+]2CCOCC2)C(c2ccco2)C1=C([O-])c1ccc(F)cc1. The van der Waals surface area contributed by atoms with Crippen molar-refractivity contribution in [1.82, 2.24) is 4.90 Å². The molecule has 1 unspecified atom stereocenters. The first-order valence-electron chi connectivity index (χ1n) is 10.0. The number of Topliss-reactive ketones (excluding diaryl/α,β-unsaturated/α-hetero) is 1. The Morgan fingerprint density at radius 2 is 1.90 bits per heavy atom. The van der Waals surface area contributed by atoms with Crippen LogP contribution in [0.5, 0.6) is 0 Å². The second kappa shape index (κ2) is 8.81. The van der Waals surface area contributed by atoms with Gasteiger partial charge in [0.05, 0.1) is 26.0 Å². The predicted octanol–water partition coefficient (Wildman–Crippen LogP) is -0.0521. The van der Waals surface area contributed by atoms with Gasteiger partial charge in [0.25, 0.3) is 5.91 Å². The molecular formula is C22H23FN2O5. The Balaban J connectivity index is 1.61. The monoisotopic (exact) mass is 414 g/mol. The number of furan rings is 1. The van der Waals surface area contributed by atoms with Crippen LogP contribution in [0.15, 0.2) is 52.7 Å². The number of hydrogen-bond donors (Lipinski definition) is 1. The third-order valence-electron chi connectivity index (χ3n) is 5.58. The minimum Gasteiger partial charge on any atom is -0.872 e. The van der Waals surface area contributed by atoms with Crippen LogP contribution in [-0.2, 0) is 14.3 Å². The molecule has 0 aliphatic carbocycles. The van der Waals surface area contributed by atoms with Crippen LogP contribution < -0.4 is 10.0 Å². The first-order chi connectivity index (χ1) is 14.6. The van der Waals surface area contributed by atoms with Gasteiger partial charge >= 0.3 is 0 Å². The first kappa shape index (κ1) is 20.3. The van der Waals surface area contributed by atoms with Gasteiger partial charge in [-0.15, -0.1) is 0 Å². The number of likely N-dealkylation sites (tertiary alicyclic amines) is 1. The molecule has 0 saturated carbocycles. The average Bonchev–Trinajstić information content (AvgIpc) is 3.37.